The predicted molar refractivity (Wildman–Crippen MR) is 109 cm³/mol. The first-order valence-electron chi connectivity index (χ1n) is 8.87. The molecule has 1 amide bonds. The van der Waals surface area contributed by atoms with Gasteiger partial charge in [-0.05, 0) is 28.8 Å². The Hall–Kier alpha value is -3.40. The third-order valence-electron chi connectivity index (χ3n) is 4.14. The van der Waals surface area contributed by atoms with Crippen LogP contribution in [0.15, 0.2) is 90.0 Å². The number of nitrogens with one attached hydrogen (secondary N) is 1. The summed E-state index contributed by atoms with van der Waals surface area (Å²) in [7, 11) is 0. The van der Waals surface area contributed by atoms with Gasteiger partial charge in [-0.3, -0.25) is 4.79 Å². The number of hydrazone groups is 1. The largest absolute Gasteiger partial charge is 0.484 e. The fraction of sp³-hybridized carbons (Fsp3) is 0.130. The molecule has 3 aromatic carbocycles. The van der Waals surface area contributed by atoms with Crippen molar-refractivity contribution in [3.8, 4) is 16.9 Å². The highest BCUT2D eigenvalue weighted by Gasteiger charge is 2.04. The number of hydrogen-bond acceptors (Lipinski definition) is 3. The maximum absolute atomic E-state index is 11.9. The second kappa shape index (κ2) is 9.34. The zero-order chi connectivity index (χ0) is 18.9. The number of nitrogens with zero attached hydrogens (tertiary/aromatic N) is 1. The lowest BCUT2D eigenvalue weighted by Crippen LogP contribution is -2.24. The number of amides is 1. The van der Waals surface area contributed by atoms with E-state index >= 15 is 0 Å². The summed E-state index contributed by atoms with van der Waals surface area (Å²) in [5.41, 5.74) is 5.89. The molecule has 0 heterocycles. The molecular weight excluding hydrogens is 336 g/mol. The molecule has 0 fully saturated rings. The number of carbonyl (C=O) groups is 1. The Morgan fingerprint density at radius 2 is 1.52 bits per heavy atom. The second-order valence-corrected chi connectivity index (χ2v) is 6.19. The molecule has 0 aliphatic carbocycles. The molecule has 0 aromatic heterocycles. The zero-order valence-corrected chi connectivity index (χ0v) is 15.2. The van der Waals surface area contributed by atoms with Gasteiger partial charge in [0.2, 0.25) is 0 Å². The van der Waals surface area contributed by atoms with Crippen LogP contribution in [-0.4, -0.2) is 18.7 Å². The van der Waals surface area contributed by atoms with Crippen LogP contribution in [0.5, 0.6) is 5.75 Å². The summed E-state index contributed by atoms with van der Waals surface area (Å²) < 4.78 is 5.51. The van der Waals surface area contributed by atoms with E-state index in [9.17, 15) is 4.79 Å². The van der Waals surface area contributed by atoms with E-state index in [1.165, 1.54) is 0 Å². The first kappa shape index (κ1) is 18.4. The number of rotatable bonds is 7. The lowest BCUT2D eigenvalue weighted by molar-refractivity contribution is -0.123. The van der Waals surface area contributed by atoms with Crippen molar-refractivity contribution in [3.63, 3.8) is 0 Å². The minimum atomic E-state index is -0.293. The van der Waals surface area contributed by atoms with E-state index < -0.39 is 0 Å². The summed E-state index contributed by atoms with van der Waals surface area (Å²) in [6.45, 7) is 1.94. The number of benzene rings is 3. The van der Waals surface area contributed by atoms with Crippen LogP contribution in [-0.2, 0) is 4.79 Å². The van der Waals surface area contributed by atoms with E-state index in [1.807, 2.05) is 79.7 Å². The summed E-state index contributed by atoms with van der Waals surface area (Å²) in [6.07, 6.45) is 1.71. The van der Waals surface area contributed by atoms with E-state index in [4.69, 9.17) is 4.74 Å². The highest BCUT2D eigenvalue weighted by molar-refractivity contribution is 5.79. The van der Waals surface area contributed by atoms with Crippen LogP contribution >= 0.6 is 0 Å². The summed E-state index contributed by atoms with van der Waals surface area (Å²) in [4.78, 5) is 11.9. The van der Waals surface area contributed by atoms with Crippen molar-refractivity contribution >= 4 is 12.1 Å². The zero-order valence-electron chi connectivity index (χ0n) is 15.2. The Morgan fingerprint density at radius 1 is 0.926 bits per heavy atom. The average molecular weight is 358 g/mol. The molecule has 0 saturated carbocycles. The summed E-state index contributed by atoms with van der Waals surface area (Å²) in [6, 6.07) is 27.8. The van der Waals surface area contributed by atoms with E-state index in [2.05, 4.69) is 22.7 Å². The molecule has 3 rings (SSSR count). The van der Waals surface area contributed by atoms with Gasteiger partial charge in [0.15, 0.2) is 6.61 Å². The van der Waals surface area contributed by atoms with Crippen LogP contribution in [0.2, 0.25) is 0 Å². The third kappa shape index (κ3) is 5.54. The smallest absolute Gasteiger partial charge is 0.277 e. The fourth-order valence-electron chi connectivity index (χ4n) is 2.62. The topological polar surface area (TPSA) is 50.7 Å². The van der Waals surface area contributed by atoms with Crippen molar-refractivity contribution in [2.45, 2.75) is 12.8 Å². The molecule has 0 bridgehead atoms. The molecule has 1 atom stereocenters. The molecule has 3 aromatic rings. The molecule has 0 aliphatic rings. The minimum absolute atomic E-state index is 0.0816. The summed E-state index contributed by atoms with van der Waals surface area (Å²) in [5.74, 6) is 0.475. The fourth-order valence-corrected chi connectivity index (χ4v) is 2.62. The third-order valence-corrected chi connectivity index (χ3v) is 4.14. The minimum Gasteiger partial charge on any atom is -0.484 e. The molecule has 0 spiro atoms. The predicted octanol–water partition coefficient (Wildman–Crippen LogP) is 4.64. The van der Waals surface area contributed by atoms with Gasteiger partial charge in [0.1, 0.15) is 5.75 Å². The summed E-state index contributed by atoms with van der Waals surface area (Å²) >= 11 is 0. The molecule has 4 heteroatoms. The van der Waals surface area contributed by atoms with Gasteiger partial charge in [0.05, 0.1) is 0 Å². The van der Waals surface area contributed by atoms with Crippen LogP contribution in [0.3, 0.4) is 0 Å². The van der Waals surface area contributed by atoms with Gasteiger partial charge in [0, 0.05) is 12.1 Å². The molecule has 4 nitrogen and oxygen atoms in total. The Morgan fingerprint density at radius 3 is 2.19 bits per heavy atom. The highest BCUT2D eigenvalue weighted by atomic mass is 16.5. The van der Waals surface area contributed by atoms with Crippen LogP contribution < -0.4 is 10.2 Å². The lowest BCUT2D eigenvalue weighted by atomic mass is 10.0. The maximum atomic E-state index is 11.9. The SMILES string of the molecule is C[C@@H](C=NNC(=O)COc1ccc(-c2ccccc2)cc1)c1ccccc1. The van der Waals surface area contributed by atoms with Gasteiger partial charge in [-0.25, -0.2) is 5.43 Å². The van der Waals surface area contributed by atoms with Crippen LogP contribution in [0, 0.1) is 0 Å². The van der Waals surface area contributed by atoms with Crippen molar-refractivity contribution in [1.29, 1.82) is 0 Å². The highest BCUT2D eigenvalue weighted by Crippen LogP contribution is 2.21. The Labute approximate surface area is 159 Å². The normalized spacial score (nSPS) is 11.9. The van der Waals surface area contributed by atoms with Gasteiger partial charge in [0.25, 0.3) is 5.91 Å². The van der Waals surface area contributed by atoms with Gasteiger partial charge in [-0.2, -0.15) is 5.10 Å². The van der Waals surface area contributed by atoms with Crippen molar-refractivity contribution < 1.29 is 9.53 Å². The van der Waals surface area contributed by atoms with E-state index in [0.29, 0.717) is 5.75 Å². The van der Waals surface area contributed by atoms with Gasteiger partial charge in [-0.1, -0.05) is 79.7 Å². The van der Waals surface area contributed by atoms with E-state index in [1.54, 1.807) is 6.21 Å². The standard InChI is InChI=1S/C23H22N2O2/c1-18(19-8-4-2-5-9-19)16-24-25-23(26)17-27-22-14-12-21(13-15-22)20-10-6-3-7-11-20/h2-16,18H,17H2,1H3,(H,25,26)/t18-/m0/s1. The number of carbonyl (C=O) groups excluding carboxylic acids is 1. The molecule has 1 N–H and O–H groups in total. The van der Waals surface area contributed by atoms with E-state index in [-0.39, 0.29) is 18.4 Å². The van der Waals surface area contributed by atoms with Crippen molar-refractivity contribution in [3.05, 3.63) is 90.5 Å². The van der Waals surface area contributed by atoms with Crippen LogP contribution in [0.25, 0.3) is 11.1 Å². The average Bonchev–Trinajstić information content (AvgIpc) is 2.74. The molecule has 0 unspecified atom stereocenters. The van der Waals surface area contributed by atoms with Crippen LogP contribution in [0.1, 0.15) is 18.4 Å². The monoisotopic (exact) mass is 358 g/mol. The van der Waals surface area contributed by atoms with Crippen molar-refractivity contribution in [2.75, 3.05) is 6.61 Å². The lowest BCUT2D eigenvalue weighted by Gasteiger charge is -2.07. The molecule has 136 valence electrons. The quantitative estimate of drug-likeness (QED) is 0.494. The van der Waals surface area contributed by atoms with Gasteiger partial charge in [-0.15, -0.1) is 0 Å². The molecule has 0 radical (unpaired) electrons. The van der Waals surface area contributed by atoms with Crippen molar-refractivity contribution in [1.82, 2.24) is 5.43 Å². The number of hydrogen-bond donors (Lipinski definition) is 1. The first-order chi connectivity index (χ1) is 13.2. The van der Waals surface area contributed by atoms with Gasteiger partial charge >= 0.3 is 0 Å². The maximum Gasteiger partial charge on any atom is 0.277 e. The van der Waals surface area contributed by atoms with Crippen LogP contribution in [0.4, 0.5) is 0 Å². The van der Waals surface area contributed by atoms with Gasteiger partial charge < -0.3 is 4.74 Å². The number of ether oxygens (including phenoxy) is 1. The molecule has 0 saturated heterocycles. The molecule has 27 heavy (non-hydrogen) atoms. The second-order valence-electron chi connectivity index (χ2n) is 6.19. The Balaban J connectivity index is 1.46. The Kier molecular flexibility index (Phi) is 6.36. The van der Waals surface area contributed by atoms with Crippen molar-refractivity contribution in [2.24, 2.45) is 5.10 Å². The summed E-state index contributed by atoms with van der Waals surface area (Å²) in [5, 5.41) is 4.01. The first-order valence-corrected chi connectivity index (χ1v) is 8.87. The molecule has 0 aliphatic heterocycles. The Bertz CT molecular complexity index is 875. The molecular formula is C23H22N2O2. The van der Waals surface area contributed by atoms with E-state index in [0.717, 1.165) is 16.7 Å².